The zero-order valence-electron chi connectivity index (χ0n) is 11.4. The highest BCUT2D eigenvalue weighted by atomic mass is 32.2. The van der Waals surface area contributed by atoms with E-state index in [0.717, 1.165) is 19.3 Å². The predicted molar refractivity (Wildman–Crippen MR) is 74.0 cm³/mol. The number of methoxy groups -OCH3 is 1. The molecule has 108 valence electrons. The molecule has 1 N–H and O–H groups in total. The first kappa shape index (κ1) is 16.0. The second-order valence-corrected chi connectivity index (χ2v) is 6.05. The number of ether oxygens (including phenoxy) is 1. The summed E-state index contributed by atoms with van der Waals surface area (Å²) in [5.41, 5.74) is 0. The minimum atomic E-state index is -0.633. The summed E-state index contributed by atoms with van der Waals surface area (Å²) in [5, 5.41) is 2.82. The smallest absolute Gasteiger partial charge is 0.329 e. The molecule has 0 aromatic heterocycles. The summed E-state index contributed by atoms with van der Waals surface area (Å²) in [6.07, 6.45) is 4.24. The second-order valence-electron chi connectivity index (χ2n) is 4.72. The van der Waals surface area contributed by atoms with Crippen LogP contribution < -0.4 is 5.32 Å². The van der Waals surface area contributed by atoms with E-state index in [-0.39, 0.29) is 11.2 Å². The largest absolute Gasteiger partial charge is 0.467 e. The zero-order chi connectivity index (χ0) is 14.3. The van der Waals surface area contributed by atoms with Gasteiger partial charge in [-0.25, -0.2) is 4.79 Å². The number of ketones is 1. The van der Waals surface area contributed by atoms with Gasteiger partial charge in [0, 0.05) is 30.8 Å². The van der Waals surface area contributed by atoms with Gasteiger partial charge in [0.05, 0.1) is 7.11 Å². The molecule has 0 aromatic carbocycles. The predicted octanol–water partition coefficient (Wildman–Crippen LogP) is 1.30. The maximum Gasteiger partial charge on any atom is 0.329 e. The number of amides is 1. The summed E-state index contributed by atoms with van der Waals surface area (Å²) in [6, 6.07) is -0.633. The van der Waals surface area contributed by atoms with Gasteiger partial charge in [0.1, 0.15) is 11.8 Å². The molecular formula is C13H21NO4S. The van der Waals surface area contributed by atoms with E-state index < -0.39 is 12.0 Å². The molecule has 0 radical (unpaired) electrons. The van der Waals surface area contributed by atoms with Crippen molar-refractivity contribution in [3.63, 3.8) is 0 Å². The Bertz CT molecular complexity index is 346. The van der Waals surface area contributed by atoms with Gasteiger partial charge in [-0.15, -0.1) is 0 Å². The van der Waals surface area contributed by atoms with E-state index in [1.54, 1.807) is 11.8 Å². The number of carbonyl (C=O) groups excluding carboxylic acids is 3. The van der Waals surface area contributed by atoms with Crippen molar-refractivity contribution in [1.29, 1.82) is 0 Å². The summed E-state index contributed by atoms with van der Waals surface area (Å²) < 4.78 is 4.67. The van der Waals surface area contributed by atoms with Crippen molar-refractivity contribution < 1.29 is 19.1 Å². The van der Waals surface area contributed by atoms with E-state index in [9.17, 15) is 14.4 Å². The van der Waals surface area contributed by atoms with E-state index in [4.69, 9.17) is 0 Å². The maximum atomic E-state index is 11.5. The molecule has 1 saturated carbocycles. The third kappa shape index (κ3) is 6.09. The topological polar surface area (TPSA) is 72.5 Å². The first-order chi connectivity index (χ1) is 9.02. The lowest BCUT2D eigenvalue weighted by Crippen LogP contribution is -2.42. The second kappa shape index (κ2) is 8.19. The van der Waals surface area contributed by atoms with E-state index in [2.05, 4.69) is 10.1 Å². The first-order valence-electron chi connectivity index (χ1n) is 6.51. The van der Waals surface area contributed by atoms with Crippen LogP contribution in [0.3, 0.4) is 0 Å². The third-order valence-electron chi connectivity index (χ3n) is 3.05. The molecule has 1 aliphatic rings. The van der Waals surface area contributed by atoms with Gasteiger partial charge >= 0.3 is 5.97 Å². The fourth-order valence-electron chi connectivity index (χ4n) is 2.08. The fraction of sp³-hybridized carbons (Fsp3) is 0.769. The minimum absolute atomic E-state index is 0.246. The molecular weight excluding hydrogens is 266 g/mol. The normalized spacial score (nSPS) is 21.4. The number of hydrogen-bond acceptors (Lipinski definition) is 5. The van der Waals surface area contributed by atoms with Crippen molar-refractivity contribution >= 4 is 29.4 Å². The van der Waals surface area contributed by atoms with Gasteiger partial charge in [0.2, 0.25) is 5.91 Å². The van der Waals surface area contributed by atoms with Gasteiger partial charge in [-0.3, -0.25) is 9.59 Å². The van der Waals surface area contributed by atoms with Crippen molar-refractivity contribution in [2.24, 2.45) is 0 Å². The van der Waals surface area contributed by atoms with Gasteiger partial charge in [-0.1, -0.05) is 6.42 Å². The standard InChI is InChI=1S/C13H21NO4S/c1-9(15)14-12(13(17)18-2)8-19-11-6-4-3-5-10(16)7-11/h11-12H,3-8H2,1-2H3,(H,14,15). The van der Waals surface area contributed by atoms with Crippen LogP contribution >= 0.6 is 11.8 Å². The SMILES string of the molecule is COC(=O)C(CSC1CCCCC(=O)C1)NC(C)=O. The zero-order valence-corrected chi connectivity index (χ0v) is 12.3. The molecule has 0 bridgehead atoms. The van der Waals surface area contributed by atoms with Crippen LogP contribution in [0.25, 0.3) is 0 Å². The number of carbonyl (C=O) groups is 3. The number of nitrogens with one attached hydrogen (secondary N) is 1. The first-order valence-corrected chi connectivity index (χ1v) is 7.56. The molecule has 1 amide bonds. The molecule has 0 saturated heterocycles. The van der Waals surface area contributed by atoms with Crippen LogP contribution in [0.5, 0.6) is 0 Å². The maximum absolute atomic E-state index is 11.5. The van der Waals surface area contributed by atoms with Gasteiger partial charge in [-0.05, 0) is 12.8 Å². The molecule has 5 nitrogen and oxygen atoms in total. The van der Waals surface area contributed by atoms with Crippen LogP contribution in [0.15, 0.2) is 0 Å². The van der Waals surface area contributed by atoms with Crippen molar-refractivity contribution in [2.45, 2.75) is 50.3 Å². The number of hydrogen-bond donors (Lipinski definition) is 1. The molecule has 1 fully saturated rings. The summed E-state index contributed by atoms with van der Waals surface area (Å²) in [5.74, 6) is 0.0456. The molecule has 0 aromatic rings. The van der Waals surface area contributed by atoms with Crippen LogP contribution in [0.1, 0.15) is 39.0 Å². The number of rotatable bonds is 5. The lowest BCUT2D eigenvalue weighted by Gasteiger charge is -2.18. The van der Waals surface area contributed by atoms with Crippen molar-refractivity contribution in [3.05, 3.63) is 0 Å². The highest BCUT2D eigenvalue weighted by molar-refractivity contribution is 8.00. The third-order valence-corrected chi connectivity index (χ3v) is 4.45. The fourth-order valence-corrected chi connectivity index (χ4v) is 3.40. The Kier molecular flexibility index (Phi) is 6.91. The number of Topliss-reactive ketones (excluding diaryl/α,β-unsaturated/α-hetero) is 1. The average molecular weight is 287 g/mol. The number of thioether (sulfide) groups is 1. The molecule has 19 heavy (non-hydrogen) atoms. The Morgan fingerprint density at radius 2 is 2.21 bits per heavy atom. The summed E-state index contributed by atoms with van der Waals surface area (Å²) in [7, 11) is 1.30. The van der Waals surface area contributed by atoms with Crippen LogP contribution in [0, 0.1) is 0 Å². The van der Waals surface area contributed by atoms with E-state index >= 15 is 0 Å². The van der Waals surface area contributed by atoms with Crippen LogP contribution in [-0.4, -0.2) is 41.8 Å². The van der Waals surface area contributed by atoms with Crippen molar-refractivity contribution in [2.75, 3.05) is 12.9 Å². The van der Waals surface area contributed by atoms with Crippen molar-refractivity contribution in [1.82, 2.24) is 5.32 Å². The van der Waals surface area contributed by atoms with Gasteiger partial charge < -0.3 is 10.1 Å². The molecule has 1 aliphatic carbocycles. The Hall–Kier alpha value is -1.04. The van der Waals surface area contributed by atoms with Gasteiger partial charge in [0.15, 0.2) is 0 Å². The van der Waals surface area contributed by atoms with Crippen LogP contribution in [0.4, 0.5) is 0 Å². The summed E-state index contributed by atoms with van der Waals surface area (Å²) in [6.45, 7) is 1.37. The van der Waals surface area contributed by atoms with Gasteiger partial charge in [0.25, 0.3) is 0 Å². The molecule has 2 atom stereocenters. The molecule has 2 unspecified atom stereocenters. The lowest BCUT2D eigenvalue weighted by atomic mass is 10.2. The quantitative estimate of drug-likeness (QED) is 0.609. The van der Waals surface area contributed by atoms with E-state index in [1.165, 1.54) is 14.0 Å². The highest BCUT2D eigenvalue weighted by Gasteiger charge is 2.24. The summed E-state index contributed by atoms with van der Waals surface area (Å²) >= 11 is 1.57. The van der Waals surface area contributed by atoms with Crippen molar-refractivity contribution in [3.8, 4) is 0 Å². The molecule has 0 heterocycles. The molecule has 0 spiro atoms. The number of esters is 1. The average Bonchev–Trinajstić information content (AvgIpc) is 2.57. The summed E-state index contributed by atoms with van der Waals surface area (Å²) in [4.78, 5) is 34.1. The van der Waals surface area contributed by atoms with Crippen LogP contribution in [-0.2, 0) is 19.1 Å². The Morgan fingerprint density at radius 3 is 2.84 bits per heavy atom. The Balaban J connectivity index is 2.47. The van der Waals surface area contributed by atoms with E-state index in [0.29, 0.717) is 24.4 Å². The van der Waals surface area contributed by atoms with Crippen LogP contribution in [0.2, 0.25) is 0 Å². The monoisotopic (exact) mass is 287 g/mol. The lowest BCUT2D eigenvalue weighted by molar-refractivity contribution is -0.144. The molecule has 1 rings (SSSR count). The molecule has 0 aliphatic heterocycles. The highest BCUT2D eigenvalue weighted by Crippen LogP contribution is 2.26. The Labute approximate surface area is 117 Å². The molecule has 6 heteroatoms. The minimum Gasteiger partial charge on any atom is -0.467 e. The Morgan fingerprint density at radius 1 is 1.47 bits per heavy atom. The van der Waals surface area contributed by atoms with Gasteiger partial charge in [-0.2, -0.15) is 11.8 Å². The van der Waals surface area contributed by atoms with E-state index in [1.807, 2.05) is 0 Å².